The van der Waals surface area contributed by atoms with Crippen LogP contribution in [0.2, 0.25) is 5.02 Å². The highest BCUT2D eigenvalue weighted by Crippen LogP contribution is 2.24. The Bertz CT molecular complexity index is 1110. The highest BCUT2D eigenvalue weighted by atomic mass is 35.5. The first-order valence-electron chi connectivity index (χ1n) is 11.5. The van der Waals surface area contributed by atoms with Gasteiger partial charge < -0.3 is 28.4 Å². The number of hydrogen-bond donors (Lipinski definition) is 2. The Morgan fingerprint density at radius 2 is 1.14 bits per heavy atom. The maximum absolute atomic E-state index is 8.37. The summed E-state index contributed by atoms with van der Waals surface area (Å²) in [5.41, 5.74) is 0.927. The molecule has 0 amide bonds. The van der Waals surface area contributed by atoms with Gasteiger partial charge in [0.2, 0.25) is 0 Å². The Morgan fingerprint density at radius 1 is 0.667 bits per heavy atom. The maximum atomic E-state index is 8.37. The second-order valence-electron chi connectivity index (χ2n) is 9.77. The van der Waals surface area contributed by atoms with E-state index in [9.17, 15) is 0 Å². The van der Waals surface area contributed by atoms with Gasteiger partial charge in [-0.2, -0.15) is 0 Å². The van der Waals surface area contributed by atoms with E-state index >= 15 is 0 Å². The predicted molar refractivity (Wildman–Crippen MR) is 145 cm³/mol. The Labute approximate surface area is 218 Å². The molecule has 0 saturated carbocycles. The summed E-state index contributed by atoms with van der Waals surface area (Å²) in [5.74, 6) is 2.61. The largest absolute Gasteiger partial charge is 0.526 e. The molecule has 0 bridgehead atoms. The van der Waals surface area contributed by atoms with Gasteiger partial charge >= 0.3 is 7.12 Å². The van der Waals surface area contributed by atoms with E-state index in [1.165, 1.54) is 12.3 Å². The molecule has 6 nitrogen and oxygen atoms in total. The van der Waals surface area contributed by atoms with Crippen molar-refractivity contribution in [3.8, 4) is 22.8 Å². The molecule has 4 aromatic rings. The monoisotopic (exact) mass is 512 g/mol. The van der Waals surface area contributed by atoms with Crippen LogP contribution in [0.1, 0.15) is 41.5 Å². The van der Waals surface area contributed by atoms with Gasteiger partial charge in [0.1, 0.15) is 34.1 Å². The van der Waals surface area contributed by atoms with Crippen molar-refractivity contribution in [2.45, 2.75) is 52.7 Å². The molecule has 0 aliphatic carbocycles. The first-order chi connectivity index (χ1) is 16.8. The van der Waals surface area contributed by atoms with Gasteiger partial charge in [-0.15, -0.1) is 0 Å². The lowest BCUT2D eigenvalue weighted by atomic mass is 9.88. The molecular formula is C28H34BClO6. The van der Waals surface area contributed by atoms with Gasteiger partial charge in [-0.05, 0) is 114 Å². The Morgan fingerprint density at radius 3 is 1.50 bits per heavy atom. The van der Waals surface area contributed by atoms with Crippen LogP contribution >= 0.6 is 11.6 Å². The predicted octanol–water partition coefficient (Wildman–Crippen LogP) is 6.60. The standard InChI is InChI=1S/C14H16O2.C10H13ClO.C4H5BO3/c1-14(2,3)16-12-8-6-11(7-9-12)13-5-4-10-15-13;1-10(2,3)12-9-6-4-8(11)5-7-9;6-5(7)4-2-1-3-8-4/h4-10H,1-3H3;4-7H,1-3H3;1-3,6-7H. The van der Waals surface area contributed by atoms with Crippen molar-refractivity contribution in [3.05, 3.63) is 90.3 Å². The number of rotatable bonds is 4. The van der Waals surface area contributed by atoms with Crippen molar-refractivity contribution < 1.29 is 28.4 Å². The minimum absolute atomic E-state index is 0.145. The first-order valence-corrected chi connectivity index (χ1v) is 11.9. The molecule has 0 saturated heterocycles. The van der Waals surface area contributed by atoms with E-state index in [2.05, 4.69) is 4.42 Å². The van der Waals surface area contributed by atoms with E-state index in [4.69, 9.17) is 35.5 Å². The first kappa shape index (κ1) is 29.1. The smallest absolute Gasteiger partial charge is 0.488 e. The fourth-order valence-corrected chi connectivity index (χ4v) is 2.90. The quantitative estimate of drug-likeness (QED) is 0.300. The lowest BCUT2D eigenvalue weighted by molar-refractivity contribution is 0.130. The van der Waals surface area contributed by atoms with Crippen LogP contribution in [0, 0.1) is 0 Å². The molecule has 2 aromatic heterocycles. The lowest BCUT2D eigenvalue weighted by Gasteiger charge is -2.21. The molecule has 2 aromatic carbocycles. The van der Waals surface area contributed by atoms with E-state index in [0.29, 0.717) is 0 Å². The van der Waals surface area contributed by atoms with Gasteiger partial charge in [0.05, 0.1) is 12.5 Å². The van der Waals surface area contributed by atoms with Crippen molar-refractivity contribution in [1.82, 2.24) is 0 Å². The van der Waals surface area contributed by atoms with Crippen molar-refractivity contribution in [2.24, 2.45) is 0 Å². The molecule has 2 N–H and O–H groups in total. The highest BCUT2D eigenvalue weighted by molar-refractivity contribution is 6.56. The molecule has 0 fully saturated rings. The molecule has 0 aliphatic heterocycles. The van der Waals surface area contributed by atoms with Crippen LogP contribution in [-0.2, 0) is 0 Å². The zero-order valence-corrected chi connectivity index (χ0v) is 22.3. The summed E-state index contributed by atoms with van der Waals surface area (Å²) < 4.78 is 21.3. The summed E-state index contributed by atoms with van der Waals surface area (Å²) in [6.45, 7) is 12.2. The van der Waals surface area contributed by atoms with E-state index in [1.54, 1.807) is 12.3 Å². The van der Waals surface area contributed by atoms with Gasteiger partial charge in [-0.25, -0.2) is 0 Å². The van der Waals surface area contributed by atoms with Crippen LogP contribution in [-0.4, -0.2) is 28.4 Å². The molecule has 36 heavy (non-hydrogen) atoms. The van der Waals surface area contributed by atoms with Crippen LogP contribution in [0.3, 0.4) is 0 Å². The van der Waals surface area contributed by atoms with Crippen molar-refractivity contribution in [3.63, 3.8) is 0 Å². The Hall–Kier alpha value is -3.13. The second-order valence-corrected chi connectivity index (χ2v) is 10.2. The third kappa shape index (κ3) is 11.5. The molecule has 2 heterocycles. The molecule has 0 spiro atoms. The lowest BCUT2D eigenvalue weighted by Crippen LogP contribution is -2.27. The summed E-state index contributed by atoms with van der Waals surface area (Å²) in [4.78, 5) is 0. The number of benzene rings is 2. The van der Waals surface area contributed by atoms with Crippen LogP contribution in [0.5, 0.6) is 11.5 Å². The number of hydrogen-bond acceptors (Lipinski definition) is 6. The van der Waals surface area contributed by atoms with Crippen LogP contribution in [0.15, 0.2) is 94.2 Å². The average molecular weight is 513 g/mol. The number of ether oxygens (including phenoxy) is 2. The van der Waals surface area contributed by atoms with Gasteiger partial charge in [0, 0.05) is 10.6 Å². The summed E-state index contributed by atoms with van der Waals surface area (Å²) >= 11 is 5.73. The molecule has 192 valence electrons. The second kappa shape index (κ2) is 13.3. The SMILES string of the molecule is CC(C)(C)Oc1ccc(-c2ccco2)cc1.CC(C)(C)Oc1ccc(Cl)cc1.OB(O)c1ccco1. The van der Waals surface area contributed by atoms with E-state index in [1.807, 2.05) is 102 Å². The van der Waals surface area contributed by atoms with Gasteiger partial charge in [0.25, 0.3) is 0 Å². The average Bonchev–Trinajstić information content (AvgIpc) is 3.50. The molecule has 0 atom stereocenters. The molecule has 0 unspecified atom stereocenters. The van der Waals surface area contributed by atoms with Crippen molar-refractivity contribution in [1.29, 1.82) is 0 Å². The van der Waals surface area contributed by atoms with Gasteiger partial charge in [-0.3, -0.25) is 0 Å². The summed E-state index contributed by atoms with van der Waals surface area (Å²) in [7, 11) is -1.48. The van der Waals surface area contributed by atoms with Crippen LogP contribution in [0.4, 0.5) is 0 Å². The molecule has 0 radical (unpaired) electrons. The van der Waals surface area contributed by atoms with E-state index in [0.717, 1.165) is 27.8 Å². The molecule has 8 heteroatoms. The zero-order valence-electron chi connectivity index (χ0n) is 21.6. The third-order valence-electron chi connectivity index (χ3n) is 4.12. The Kier molecular flexibility index (Phi) is 10.7. The highest BCUT2D eigenvalue weighted by Gasteiger charge is 2.13. The summed E-state index contributed by atoms with van der Waals surface area (Å²) in [6.07, 6.45) is 3.06. The number of halogens is 1. The minimum Gasteiger partial charge on any atom is -0.488 e. The molecular weight excluding hydrogens is 479 g/mol. The van der Waals surface area contributed by atoms with Gasteiger partial charge in [-0.1, -0.05) is 11.6 Å². The molecule has 4 rings (SSSR count). The van der Waals surface area contributed by atoms with Gasteiger partial charge in [0.15, 0.2) is 0 Å². The van der Waals surface area contributed by atoms with Crippen LogP contribution < -0.4 is 15.1 Å². The van der Waals surface area contributed by atoms with E-state index in [-0.39, 0.29) is 16.9 Å². The normalized spacial score (nSPS) is 10.9. The van der Waals surface area contributed by atoms with Crippen molar-refractivity contribution >= 4 is 24.4 Å². The fraction of sp³-hybridized carbons (Fsp3) is 0.286. The third-order valence-corrected chi connectivity index (χ3v) is 4.37. The number of furan rings is 2. The van der Waals surface area contributed by atoms with Crippen molar-refractivity contribution in [2.75, 3.05) is 0 Å². The zero-order chi connectivity index (χ0) is 26.8. The maximum Gasteiger partial charge on any atom is 0.526 e. The minimum atomic E-state index is -1.48. The molecule has 0 aliphatic rings. The summed E-state index contributed by atoms with van der Waals surface area (Å²) in [5, 5.41) is 17.5. The fourth-order valence-electron chi connectivity index (χ4n) is 2.78. The van der Waals surface area contributed by atoms with Crippen LogP contribution in [0.25, 0.3) is 11.3 Å². The topological polar surface area (TPSA) is 85.2 Å². The Balaban J connectivity index is 0.000000202. The summed E-state index contributed by atoms with van der Waals surface area (Å²) in [6, 6.07) is 22.2. The van der Waals surface area contributed by atoms with E-state index < -0.39 is 7.12 Å².